The first-order valence-corrected chi connectivity index (χ1v) is 11.2. The number of nitrogens with zero attached hydrogens (tertiary/aromatic N) is 6. The topological polar surface area (TPSA) is 121 Å². The molecule has 0 aliphatic carbocycles. The van der Waals surface area contributed by atoms with Crippen LogP contribution < -0.4 is 10.2 Å². The lowest BCUT2D eigenvalue weighted by Crippen LogP contribution is -2.50. The molecule has 6 rings (SSSR count). The van der Waals surface area contributed by atoms with Crippen LogP contribution in [0.2, 0.25) is 0 Å². The zero-order chi connectivity index (χ0) is 24.4. The van der Waals surface area contributed by atoms with E-state index in [0.717, 1.165) is 6.20 Å². The van der Waals surface area contributed by atoms with Crippen LogP contribution in [0.15, 0.2) is 28.8 Å². The molecule has 0 saturated carbocycles. The minimum Gasteiger partial charge on any atom is -0.420 e. The molecule has 1 aliphatic rings. The number of aryl methyl sites for hydroxylation is 1. The largest absolute Gasteiger partial charge is 0.420 e. The van der Waals surface area contributed by atoms with Gasteiger partial charge in [0.1, 0.15) is 22.6 Å². The van der Waals surface area contributed by atoms with Gasteiger partial charge in [-0.25, -0.2) is 23.7 Å². The summed E-state index contributed by atoms with van der Waals surface area (Å²) in [4.78, 5) is 21.9. The molecule has 0 atom stereocenters. The molecule has 180 valence electrons. The molecule has 0 radical (unpaired) electrons. The lowest BCUT2D eigenvalue weighted by atomic mass is 10.1. The quantitative estimate of drug-likeness (QED) is 0.345. The van der Waals surface area contributed by atoms with Gasteiger partial charge < -0.3 is 24.0 Å². The average molecular weight is 480 g/mol. The number of imidazole rings is 2. The molecule has 12 heteroatoms. The number of halogens is 2. The van der Waals surface area contributed by atoms with E-state index in [2.05, 4.69) is 30.2 Å². The molecule has 0 amide bonds. The van der Waals surface area contributed by atoms with Crippen molar-refractivity contribution in [2.24, 2.45) is 0 Å². The van der Waals surface area contributed by atoms with Crippen LogP contribution in [0.1, 0.15) is 25.7 Å². The van der Waals surface area contributed by atoms with Crippen molar-refractivity contribution in [3.05, 3.63) is 41.9 Å². The number of furan rings is 1. The lowest BCUT2D eigenvalue weighted by molar-refractivity contribution is 0.138. The zero-order valence-corrected chi connectivity index (χ0v) is 19.2. The Balaban J connectivity index is 1.32. The number of rotatable bonds is 5. The Bertz CT molecular complexity index is 1550. The van der Waals surface area contributed by atoms with Crippen molar-refractivity contribution in [1.82, 2.24) is 29.5 Å². The standard InChI is InChI=1S/C23H22F2N8O2/c1-10(2)33-11(3)27-20-14(24)4-12(5-17(20)33)19-15(25)7-26-22(29-19)31-23-28-16-6-18(35-21(16)30-23)32-8-13(34)9-32/h4-7,10,13,34H,8-9H2,1-3H3,(H2,26,28,29,30,31). The van der Waals surface area contributed by atoms with Crippen molar-refractivity contribution in [2.45, 2.75) is 32.9 Å². The van der Waals surface area contributed by atoms with Gasteiger partial charge in [-0.1, -0.05) is 0 Å². The van der Waals surface area contributed by atoms with Crippen molar-refractivity contribution in [2.75, 3.05) is 23.3 Å². The normalized spacial score (nSPS) is 14.4. The number of hydrogen-bond acceptors (Lipinski definition) is 8. The van der Waals surface area contributed by atoms with Gasteiger partial charge in [0.15, 0.2) is 11.6 Å². The van der Waals surface area contributed by atoms with Crippen molar-refractivity contribution < 1.29 is 18.3 Å². The molecule has 0 bridgehead atoms. The van der Waals surface area contributed by atoms with E-state index in [1.807, 2.05) is 30.2 Å². The van der Waals surface area contributed by atoms with Crippen molar-refractivity contribution >= 4 is 40.0 Å². The molecule has 35 heavy (non-hydrogen) atoms. The Hall–Kier alpha value is -4.06. The Labute approximate surface area is 197 Å². The van der Waals surface area contributed by atoms with Crippen molar-refractivity contribution in [3.8, 4) is 11.3 Å². The highest BCUT2D eigenvalue weighted by Crippen LogP contribution is 2.31. The molecule has 5 heterocycles. The van der Waals surface area contributed by atoms with Crippen LogP contribution in [0.3, 0.4) is 0 Å². The van der Waals surface area contributed by atoms with E-state index in [1.54, 1.807) is 12.1 Å². The third-order valence-corrected chi connectivity index (χ3v) is 6.03. The summed E-state index contributed by atoms with van der Waals surface area (Å²) >= 11 is 0. The Morgan fingerprint density at radius 2 is 1.94 bits per heavy atom. The number of aromatic amines is 1. The van der Waals surface area contributed by atoms with Gasteiger partial charge in [0.25, 0.3) is 0 Å². The van der Waals surface area contributed by atoms with Crippen LogP contribution in [0.5, 0.6) is 0 Å². The van der Waals surface area contributed by atoms with Crippen molar-refractivity contribution in [3.63, 3.8) is 0 Å². The number of benzene rings is 1. The van der Waals surface area contributed by atoms with Gasteiger partial charge in [0, 0.05) is 30.8 Å². The van der Waals surface area contributed by atoms with Gasteiger partial charge in [-0.3, -0.25) is 5.32 Å². The Morgan fingerprint density at radius 1 is 1.14 bits per heavy atom. The fourth-order valence-corrected chi connectivity index (χ4v) is 4.44. The molecule has 4 aromatic heterocycles. The van der Waals surface area contributed by atoms with Gasteiger partial charge in [0.05, 0.1) is 17.8 Å². The number of hydrogen-bond donors (Lipinski definition) is 3. The number of fused-ring (bicyclic) bond motifs is 2. The van der Waals surface area contributed by atoms with Crippen molar-refractivity contribution in [1.29, 1.82) is 0 Å². The summed E-state index contributed by atoms with van der Waals surface area (Å²) in [6, 6.07) is 4.74. The lowest BCUT2D eigenvalue weighted by Gasteiger charge is -2.35. The predicted molar refractivity (Wildman–Crippen MR) is 126 cm³/mol. The van der Waals surface area contributed by atoms with E-state index in [0.29, 0.717) is 47.5 Å². The summed E-state index contributed by atoms with van der Waals surface area (Å²) in [6.07, 6.45) is 0.676. The summed E-state index contributed by atoms with van der Waals surface area (Å²) in [5, 5.41) is 12.4. The van der Waals surface area contributed by atoms with E-state index < -0.39 is 11.6 Å². The second-order valence-corrected chi connectivity index (χ2v) is 8.91. The highest BCUT2D eigenvalue weighted by Gasteiger charge is 2.28. The van der Waals surface area contributed by atoms with Crippen LogP contribution in [0.25, 0.3) is 33.5 Å². The van der Waals surface area contributed by atoms with E-state index in [4.69, 9.17) is 4.42 Å². The van der Waals surface area contributed by atoms with Crippen LogP contribution in [-0.2, 0) is 0 Å². The first-order valence-electron chi connectivity index (χ1n) is 11.2. The molecule has 0 spiro atoms. The van der Waals surface area contributed by atoms with Crippen LogP contribution in [0.4, 0.5) is 26.6 Å². The second kappa shape index (κ2) is 7.73. The summed E-state index contributed by atoms with van der Waals surface area (Å²) in [7, 11) is 0. The number of aliphatic hydroxyl groups is 1. The fourth-order valence-electron chi connectivity index (χ4n) is 4.44. The smallest absolute Gasteiger partial charge is 0.248 e. The maximum atomic E-state index is 14.9. The molecular formula is C23H22F2N8O2. The first-order chi connectivity index (χ1) is 16.8. The van der Waals surface area contributed by atoms with Gasteiger partial charge >= 0.3 is 0 Å². The van der Waals surface area contributed by atoms with E-state index in [1.165, 1.54) is 6.07 Å². The maximum absolute atomic E-state index is 14.9. The average Bonchev–Trinajstić information content (AvgIpc) is 3.43. The summed E-state index contributed by atoms with van der Waals surface area (Å²) in [6.45, 7) is 6.78. The third kappa shape index (κ3) is 3.57. The fraction of sp³-hybridized carbons (Fsp3) is 0.304. The highest BCUT2D eigenvalue weighted by atomic mass is 19.1. The van der Waals surface area contributed by atoms with E-state index in [9.17, 15) is 13.9 Å². The van der Waals surface area contributed by atoms with Crippen LogP contribution in [0, 0.1) is 18.6 Å². The molecule has 10 nitrogen and oxygen atoms in total. The van der Waals surface area contributed by atoms with Gasteiger partial charge in [-0.05, 0) is 32.9 Å². The number of anilines is 3. The number of aliphatic hydroxyl groups excluding tert-OH is 1. The van der Waals surface area contributed by atoms with Gasteiger partial charge in [-0.15, -0.1) is 0 Å². The van der Waals surface area contributed by atoms with Gasteiger partial charge in [0.2, 0.25) is 23.5 Å². The molecule has 1 aliphatic heterocycles. The highest BCUT2D eigenvalue weighted by molar-refractivity contribution is 5.83. The third-order valence-electron chi connectivity index (χ3n) is 6.03. The maximum Gasteiger partial charge on any atom is 0.248 e. The number of aromatic nitrogens is 6. The Morgan fingerprint density at radius 3 is 2.66 bits per heavy atom. The molecule has 5 aromatic rings. The zero-order valence-electron chi connectivity index (χ0n) is 19.2. The second-order valence-electron chi connectivity index (χ2n) is 8.91. The number of nitrogens with one attached hydrogen (secondary N) is 2. The summed E-state index contributed by atoms with van der Waals surface area (Å²) < 4.78 is 37.2. The van der Waals surface area contributed by atoms with E-state index in [-0.39, 0.29) is 34.9 Å². The monoisotopic (exact) mass is 480 g/mol. The van der Waals surface area contributed by atoms with Gasteiger partial charge in [-0.2, -0.15) is 4.98 Å². The number of β-amino-alcohol motifs (C(OH)–C–C–N with tert-alkyl or cyclic N) is 1. The molecule has 3 N–H and O–H groups in total. The molecule has 1 fully saturated rings. The predicted octanol–water partition coefficient (Wildman–Crippen LogP) is 4.05. The molecule has 1 saturated heterocycles. The Kier molecular flexibility index (Phi) is 4.74. The molecular weight excluding hydrogens is 458 g/mol. The minimum absolute atomic E-state index is 0.0472. The van der Waals surface area contributed by atoms with Crippen LogP contribution >= 0.6 is 0 Å². The SMILES string of the molecule is Cc1nc2c(F)cc(-c3nc(Nc4nc5oc(N6CC(O)C6)cc5[nH]4)ncc3F)cc2n1C(C)C. The summed E-state index contributed by atoms with van der Waals surface area (Å²) in [5.74, 6) is 0.441. The van der Waals surface area contributed by atoms with Crippen LogP contribution in [-0.4, -0.2) is 53.8 Å². The minimum atomic E-state index is -0.684. The molecule has 0 unspecified atom stereocenters. The number of H-pyrrole nitrogens is 1. The first kappa shape index (κ1) is 21.5. The van der Waals surface area contributed by atoms with E-state index >= 15 is 0 Å². The summed E-state index contributed by atoms with van der Waals surface area (Å²) in [5.41, 5.74) is 2.04. The molecule has 1 aromatic carbocycles.